The highest BCUT2D eigenvalue weighted by Gasteiger charge is 2.35. The summed E-state index contributed by atoms with van der Waals surface area (Å²) >= 11 is 1.44. The molecule has 1 aromatic heterocycles. The minimum absolute atomic E-state index is 0.193. The zero-order chi connectivity index (χ0) is 22.7. The fraction of sp³-hybridized carbons (Fsp3) is 0.565. The molecule has 3 heterocycles. The van der Waals surface area contributed by atoms with Crippen LogP contribution in [-0.4, -0.2) is 59.2 Å². The van der Waals surface area contributed by atoms with E-state index in [2.05, 4.69) is 16.8 Å². The molecule has 0 radical (unpaired) electrons. The molecule has 4 rings (SSSR count). The number of alkyl halides is 3. The lowest BCUT2D eigenvalue weighted by atomic mass is 10.1. The van der Waals surface area contributed by atoms with Crippen LogP contribution in [0.15, 0.2) is 24.3 Å². The van der Waals surface area contributed by atoms with Crippen molar-refractivity contribution in [2.45, 2.75) is 57.8 Å². The highest BCUT2D eigenvalue weighted by Crippen LogP contribution is 2.33. The third-order valence-electron chi connectivity index (χ3n) is 6.09. The lowest BCUT2D eigenvalue weighted by molar-refractivity contribution is -0.162. The SMILES string of the molecule is CC1CCCN1CCCOc1ccc(-c2nc3c(s2)CN(C(=O)CC(F)(F)F)CC3)cc1. The number of hydrogen-bond donors (Lipinski definition) is 0. The van der Waals surface area contributed by atoms with Crippen LogP contribution in [-0.2, 0) is 17.8 Å². The second kappa shape index (κ2) is 9.79. The van der Waals surface area contributed by atoms with Gasteiger partial charge < -0.3 is 14.5 Å². The van der Waals surface area contributed by atoms with Gasteiger partial charge in [-0.05, 0) is 57.0 Å². The van der Waals surface area contributed by atoms with Gasteiger partial charge in [0.15, 0.2) is 0 Å². The number of thiazole rings is 1. The Morgan fingerprint density at radius 1 is 1.25 bits per heavy atom. The summed E-state index contributed by atoms with van der Waals surface area (Å²) in [6.07, 6.45) is -1.85. The average molecular weight is 468 g/mol. The Bertz CT molecular complexity index is 930. The Morgan fingerprint density at radius 3 is 2.72 bits per heavy atom. The highest BCUT2D eigenvalue weighted by atomic mass is 32.1. The van der Waals surface area contributed by atoms with E-state index >= 15 is 0 Å². The minimum Gasteiger partial charge on any atom is -0.494 e. The first-order valence-electron chi connectivity index (χ1n) is 11.1. The van der Waals surface area contributed by atoms with Gasteiger partial charge in [0, 0.05) is 36.0 Å². The third-order valence-corrected chi connectivity index (χ3v) is 7.22. The third kappa shape index (κ3) is 5.81. The van der Waals surface area contributed by atoms with Gasteiger partial charge >= 0.3 is 6.18 Å². The van der Waals surface area contributed by atoms with Crippen molar-refractivity contribution in [2.75, 3.05) is 26.2 Å². The zero-order valence-electron chi connectivity index (χ0n) is 18.2. The van der Waals surface area contributed by atoms with Crippen LogP contribution < -0.4 is 4.74 Å². The van der Waals surface area contributed by atoms with Gasteiger partial charge in [-0.2, -0.15) is 13.2 Å². The Hall–Kier alpha value is -2.13. The monoisotopic (exact) mass is 467 g/mol. The van der Waals surface area contributed by atoms with Gasteiger partial charge in [-0.3, -0.25) is 4.79 Å². The zero-order valence-corrected chi connectivity index (χ0v) is 19.0. The smallest absolute Gasteiger partial charge is 0.397 e. The molecule has 2 aliphatic rings. The van der Waals surface area contributed by atoms with Crippen LogP contribution in [0.3, 0.4) is 0 Å². The summed E-state index contributed by atoms with van der Waals surface area (Å²) in [6, 6.07) is 8.43. The van der Waals surface area contributed by atoms with Gasteiger partial charge in [-0.25, -0.2) is 4.98 Å². The minimum atomic E-state index is -4.48. The molecule has 1 fully saturated rings. The van der Waals surface area contributed by atoms with Crippen molar-refractivity contribution in [1.82, 2.24) is 14.8 Å². The molecular weight excluding hydrogens is 439 g/mol. The summed E-state index contributed by atoms with van der Waals surface area (Å²) in [4.78, 5) is 21.2. The van der Waals surface area contributed by atoms with Crippen LogP contribution in [0.5, 0.6) is 5.75 Å². The number of fused-ring (bicyclic) bond motifs is 1. The summed E-state index contributed by atoms with van der Waals surface area (Å²) in [7, 11) is 0. The molecule has 1 amide bonds. The Balaban J connectivity index is 1.30. The van der Waals surface area contributed by atoms with E-state index in [1.165, 1.54) is 35.6 Å². The van der Waals surface area contributed by atoms with E-state index in [-0.39, 0.29) is 13.1 Å². The van der Waals surface area contributed by atoms with Crippen LogP contribution in [0.25, 0.3) is 10.6 Å². The maximum Gasteiger partial charge on any atom is 0.397 e. The van der Waals surface area contributed by atoms with Crippen molar-refractivity contribution in [3.05, 3.63) is 34.8 Å². The number of likely N-dealkylation sites (tertiary alicyclic amines) is 1. The maximum absolute atomic E-state index is 12.5. The molecule has 5 nitrogen and oxygen atoms in total. The van der Waals surface area contributed by atoms with E-state index in [9.17, 15) is 18.0 Å². The number of nitrogens with zero attached hydrogens (tertiary/aromatic N) is 3. The molecule has 0 aliphatic carbocycles. The van der Waals surface area contributed by atoms with Gasteiger partial charge in [0.25, 0.3) is 0 Å². The number of hydrogen-bond acceptors (Lipinski definition) is 5. The molecule has 2 aliphatic heterocycles. The molecule has 0 N–H and O–H groups in total. The fourth-order valence-corrected chi connectivity index (χ4v) is 5.42. The van der Waals surface area contributed by atoms with Gasteiger partial charge in [0.1, 0.15) is 17.2 Å². The Morgan fingerprint density at radius 2 is 2.03 bits per heavy atom. The molecule has 32 heavy (non-hydrogen) atoms. The summed E-state index contributed by atoms with van der Waals surface area (Å²) in [6.45, 7) is 5.66. The standard InChI is InChI=1S/C23H28F3N3O2S/c1-16-4-2-10-28(16)11-3-13-31-18-7-5-17(6-8-18)22-27-19-9-12-29(15-20(19)32-22)21(30)14-23(24,25)26/h5-8,16H,2-4,9-15H2,1H3. The predicted molar refractivity (Wildman–Crippen MR) is 118 cm³/mol. The summed E-state index contributed by atoms with van der Waals surface area (Å²) in [5.74, 6) is -0.0627. The number of aromatic nitrogens is 1. The number of rotatable bonds is 7. The van der Waals surface area contributed by atoms with Crippen molar-refractivity contribution in [3.8, 4) is 16.3 Å². The highest BCUT2D eigenvalue weighted by molar-refractivity contribution is 7.15. The number of carbonyl (C=O) groups is 1. The van der Waals surface area contributed by atoms with E-state index in [1.54, 1.807) is 0 Å². The molecule has 2 aromatic rings. The van der Waals surface area contributed by atoms with Crippen LogP contribution in [0.4, 0.5) is 13.2 Å². The second-order valence-electron chi connectivity index (χ2n) is 8.50. The second-order valence-corrected chi connectivity index (χ2v) is 9.58. The van der Waals surface area contributed by atoms with Crippen molar-refractivity contribution in [1.29, 1.82) is 0 Å². The molecule has 0 spiro atoms. The molecule has 1 aromatic carbocycles. The quantitative estimate of drug-likeness (QED) is 0.544. The normalized spacial score (nSPS) is 19.2. The van der Waals surface area contributed by atoms with Crippen LogP contribution in [0, 0.1) is 0 Å². The lowest BCUT2D eigenvalue weighted by Crippen LogP contribution is -2.37. The first kappa shape index (κ1) is 23.0. The number of halogens is 3. The molecule has 9 heteroatoms. The number of carbonyl (C=O) groups excluding carboxylic acids is 1. The van der Waals surface area contributed by atoms with Gasteiger partial charge in [-0.1, -0.05) is 0 Å². The van der Waals surface area contributed by atoms with E-state index in [0.29, 0.717) is 19.1 Å². The van der Waals surface area contributed by atoms with E-state index in [1.807, 2.05) is 24.3 Å². The summed E-state index contributed by atoms with van der Waals surface area (Å²) in [5.41, 5.74) is 1.81. The molecule has 174 valence electrons. The topological polar surface area (TPSA) is 45.7 Å². The molecule has 0 bridgehead atoms. The summed E-state index contributed by atoms with van der Waals surface area (Å²) in [5, 5.41) is 0.815. The van der Waals surface area contributed by atoms with Crippen molar-refractivity contribution in [2.24, 2.45) is 0 Å². The molecule has 1 atom stereocenters. The Kier molecular flexibility index (Phi) is 7.05. The van der Waals surface area contributed by atoms with Gasteiger partial charge in [0.2, 0.25) is 5.91 Å². The van der Waals surface area contributed by atoms with E-state index in [0.717, 1.165) is 39.9 Å². The average Bonchev–Trinajstić information content (AvgIpc) is 3.35. The number of ether oxygens (including phenoxy) is 1. The van der Waals surface area contributed by atoms with Crippen LogP contribution in [0.2, 0.25) is 0 Å². The lowest BCUT2D eigenvalue weighted by Gasteiger charge is -2.26. The molecule has 0 saturated carbocycles. The molecule has 1 saturated heterocycles. The van der Waals surface area contributed by atoms with Crippen molar-refractivity contribution < 1.29 is 22.7 Å². The van der Waals surface area contributed by atoms with Crippen molar-refractivity contribution in [3.63, 3.8) is 0 Å². The fourth-order valence-electron chi connectivity index (χ4n) is 4.29. The largest absolute Gasteiger partial charge is 0.494 e. The number of benzene rings is 1. The Labute approximate surface area is 190 Å². The van der Waals surface area contributed by atoms with Gasteiger partial charge in [0.05, 0.1) is 18.8 Å². The van der Waals surface area contributed by atoms with Crippen LogP contribution >= 0.6 is 11.3 Å². The first-order chi connectivity index (χ1) is 15.3. The van der Waals surface area contributed by atoms with Crippen molar-refractivity contribution >= 4 is 17.2 Å². The first-order valence-corrected chi connectivity index (χ1v) is 11.9. The maximum atomic E-state index is 12.5. The van der Waals surface area contributed by atoms with Crippen LogP contribution in [0.1, 0.15) is 43.2 Å². The van der Waals surface area contributed by atoms with Gasteiger partial charge in [-0.15, -0.1) is 11.3 Å². The molecular formula is C23H28F3N3O2S. The van der Waals surface area contributed by atoms with E-state index in [4.69, 9.17) is 4.74 Å². The number of amides is 1. The predicted octanol–water partition coefficient (Wildman–Crippen LogP) is 4.90. The molecule has 1 unspecified atom stereocenters. The summed E-state index contributed by atoms with van der Waals surface area (Å²) < 4.78 is 43.5. The van der Waals surface area contributed by atoms with E-state index < -0.39 is 18.5 Å².